The van der Waals surface area contributed by atoms with Crippen LogP contribution >= 0.6 is 11.8 Å². The van der Waals surface area contributed by atoms with E-state index in [1.165, 1.54) is 0 Å². The maximum Gasteiger partial charge on any atom is 0.225 e. The number of morpholine rings is 1. The zero-order valence-corrected chi connectivity index (χ0v) is 23.5. The van der Waals surface area contributed by atoms with Gasteiger partial charge in [0.25, 0.3) is 0 Å². The number of nitrogens with zero attached hydrogens (tertiary/aromatic N) is 6. The summed E-state index contributed by atoms with van der Waals surface area (Å²) in [6.07, 6.45) is 9.02. The van der Waals surface area contributed by atoms with Crippen molar-refractivity contribution >= 4 is 40.3 Å². The summed E-state index contributed by atoms with van der Waals surface area (Å²) in [5.74, 6) is 3.69. The van der Waals surface area contributed by atoms with Crippen molar-refractivity contribution in [2.45, 2.75) is 50.2 Å². The Morgan fingerprint density at radius 1 is 1.07 bits per heavy atom. The summed E-state index contributed by atoms with van der Waals surface area (Å²) in [7, 11) is 0. The van der Waals surface area contributed by atoms with Gasteiger partial charge < -0.3 is 29.3 Å². The Balaban J connectivity index is 1.02. The molecule has 40 heavy (non-hydrogen) atoms. The molecule has 3 aliphatic rings. The van der Waals surface area contributed by atoms with Gasteiger partial charge in [0.15, 0.2) is 11.2 Å². The molecule has 0 spiro atoms. The van der Waals surface area contributed by atoms with Gasteiger partial charge in [0, 0.05) is 50.6 Å². The predicted octanol–water partition coefficient (Wildman–Crippen LogP) is 3.36. The standard InChI is InChI=1S/C28H35N7O4S/c1-19(36)35-11-14-40-26(18-35)38-22-16-30-28(31-17-22)32-20-4-6-21(7-5-20)39-27-23-3-2-8-29-24(23)15-25(33-27)34-9-12-37-13-10-34/h2-3,8,15-17,20-21,26H,4-7,9-14,18H2,1H3,(H,30,31,32). The first-order valence-corrected chi connectivity index (χ1v) is 15.0. The van der Waals surface area contributed by atoms with Gasteiger partial charge in [-0.1, -0.05) is 0 Å². The topological polar surface area (TPSA) is 115 Å². The second-order valence-electron chi connectivity index (χ2n) is 10.3. The van der Waals surface area contributed by atoms with Crippen LogP contribution in [0.2, 0.25) is 0 Å². The number of rotatable bonds is 7. The molecule has 6 rings (SSSR count). The lowest BCUT2D eigenvalue weighted by atomic mass is 9.93. The zero-order valence-electron chi connectivity index (χ0n) is 22.7. The Bertz CT molecular complexity index is 1300. The quantitative estimate of drug-likeness (QED) is 0.455. The molecule has 12 heteroatoms. The van der Waals surface area contributed by atoms with Crippen LogP contribution in [0.25, 0.3) is 10.9 Å². The number of aromatic nitrogens is 4. The molecule has 1 N–H and O–H groups in total. The third-order valence-electron chi connectivity index (χ3n) is 7.55. The number of hydrogen-bond donors (Lipinski definition) is 1. The van der Waals surface area contributed by atoms with Crippen LogP contribution in [-0.2, 0) is 9.53 Å². The average molecular weight is 566 g/mol. The first kappa shape index (κ1) is 26.8. The lowest BCUT2D eigenvalue weighted by Gasteiger charge is -2.31. The van der Waals surface area contributed by atoms with Crippen LogP contribution in [0.5, 0.6) is 11.6 Å². The van der Waals surface area contributed by atoms with Crippen LogP contribution in [0, 0.1) is 0 Å². The number of fused-ring (bicyclic) bond motifs is 1. The van der Waals surface area contributed by atoms with E-state index in [-0.39, 0.29) is 23.5 Å². The molecule has 3 aromatic heterocycles. The molecule has 3 fully saturated rings. The molecule has 2 aliphatic heterocycles. The number of nitrogens with one attached hydrogen (secondary N) is 1. The van der Waals surface area contributed by atoms with Gasteiger partial charge in [-0.3, -0.25) is 9.78 Å². The Morgan fingerprint density at radius 2 is 1.88 bits per heavy atom. The van der Waals surface area contributed by atoms with Gasteiger partial charge in [-0.15, -0.1) is 11.8 Å². The molecule has 0 aromatic carbocycles. The fourth-order valence-corrected chi connectivity index (χ4v) is 6.37. The van der Waals surface area contributed by atoms with Crippen molar-refractivity contribution in [3.05, 3.63) is 36.8 Å². The lowest BCUT2D eigenvalue weighted by molar-refractivity contribution is -0.129. The molecule has 212 valence electrons. The molecule has 0 radical (unpaired) electrons. The number of hydrogen-bond acceptors (Lipinski definition) is 11. The van der Waals surface area contributed by atoms with Gasteiger partial charge in [0.1, 0.15) is 11.9 Å². The molecule has 1 saturated carbocycles. The summed E-state index contributed by atoms with van der Waals surface area (Å²) in [6.45, 7) is 5.96. The van der Waals surface area contributed by atoms with E-state index < -0.39 is 0 Å². The molecule has 2 saturated heterocycles. The molecule has 1 aliphatic carbocycles. The van der Waals surface area contributed by atoms with Gasteiger partial charge in [0.05, 0.1) is 43.1 Å². The van der Waals surface area contributed by atoms with E-state index in [1.54, 1.807) is 31.1 Å². The van der Waals surface area contributed by atoms with Crippen molar-refractivity contribution in [2.24, 2.45) is 0 Å². The third kappa shape index (κ3) is 6.49. The SMILES string of the molecule is CC(=O)N1CCSC(Oc2cnc(NC3CCC(Oc4nc(N5CCOCC5)cc5ncccc45)CC3)nc2)C1. The van der Waals surface area contributed by atoms with Crippen LogP contribution < -0.4 is 19.7 Å². The van der Waals surface area contributed by atoms with E-state index in [2.05, 4.69) is 25.2 Å². The number of thioether (sulfide) groups is 1. The average Bonchev–Trinajstić information content (AvgIpc) is 3.00. The molecule has 1 unspecified atom stereocenters. The summed E-state index contributed by atoms with van der Waals surface area (Å²) in [4.78, 5) is 34.1. The van der Waals surface area contributed by atoms with Crippen molar-refractivity contribution < 1.29 is 19.0 Å². The van der Waals surface area contributed by atoms with Crippen molar-refractivity contribution in [2.75, 3.05) is 55.4 Å². The smallest absolute Gasteiger partial charge is 0.225 e. The highest BCUT2D eigenvalue weighted by molar-refractivity contribution is 7.99. The highest BCUT2D eigenvalue weighted by atomic mass is 32.2. The second kappa shape index (κ2) is 12.4. The number of carbonyl (C=O) groups is 1. The summed E-state index contributed by atoms with van der Waals surface area (Å²) in [5.41, 5.74) is 0.791. The van der Waals surface area contributed by atoms with Crippen LogP contribution in [0.1, 0.15) is 32.6 Å². The lowest BCUT2D eigenvalue weighted by Crippen LogP contribution is -2.42. The minimum absolute atomic E-state index is 0.0768. The largest absolute Gasteiger partial charge is 0.475 e. The van der Waals surface area contributed by atoms with Crippen molar-refractivity contribution in [1.82, 2.24) is 24.8 Å². The van der Waals surface area contributed by atoms with Gasteiger partial charge in [0.2, 0.25) is 17.7 Å². The maximum absolute atomic E-state index is 11.7. The summed E-state index contributed by atoms with van der Waals surface area (Å²) in [6, 6.07) is 6.27. The summed E-state index contributed by atoms with van der Waals surface area (Å²) in [5, 5.41) is 4.41. The number of ether oxygens (including phenoxy) is 3. The summed E-state index contributed by atoms with van der Waals surface area (Å²) >= 11 is 1.71. The number of anilines is 2. The highest BCUT2D eigenvalue weighted by Crippen LogP contribution is 2.31. The van der Waals surface area contributed by atoms with E-state index in [0.29, 0.717) is 37.3 Å². The number of amides is 1. The van der Waals surface area contributed by atoms with Crippen LogP contribution in [0.15, 0.2) is 36.8 Å². The van der Waals surface area contributed by atoms with E-state index in [4.69, 9.17) is 19.2 Å². The summed E-state index contributed by atoms with van der Waals surface area (Å²) < 4.78 is 18.0. The monoisotopic (exact) mass is 565 g/mol. The zero-order chi connectivity index (χ0) is 27.3. The first-order valence-electron chi connectivity index (χ1n) is 14.0. The molecular weight excluding hydrogens is 530 g/mol. The third-order valence-corrected chi connectivity index (χ3v) is 8.58. The van der Waals surface area contributed by atoms with Crippen LogP contribution in [0.3, 0.4) is 0 Å². The molecule has 1 amide bonds. The van der Waals surface area contributed by atoms with E-state index in [9.17, 15) is 4.79 Å². The fourth-order valence-electron chi connectivity index (χ4n) is 5.32. The first-order chi connectivity index (χ1) is 19.6. The fraction of sp³-hybridized carbons (Fsp3) is 0.536. The second-order valence-corrected chi connectivity index (χ2v) is 11.6. The van der Waals surface area contributed by atoms with Gasteiger partial charge in [-0.2, -0.15) is 4.98 Å². The molecular formula is C28H35N7O4S. The molecule has 0 bridgehead atoms. The normalized spacial score (nSPS) is 23.6. The van der Waals surface area contributed by atoms with Gasteiger partial charge >= 0.3 is 0 Å². The Morgan fingerprint density at radius 3 is 2.65 bits per heavy atom. The van der Waals surface area contributed by atoms with E-state index >= 15 is 0 Å². The van der Waals surface area contributed by atoms with Gasteiger partial charge in [-0.05, 0) is 37.8 Å². The minimum Gasteiger partial charge on any atom is -0.475 e. The van der Waals surface area contributed by atoms with Crippen molar-refractivity contribution in [3.63, 3.8) is 0 Å². The molecule has 5 heterocycles. The molecule has 3 aromatic rings. The molecule has 11 nitrogen and oxygen atoms in total. The van der Waals surface area contributed by atoms with E-state index in [0.717, 1.165) is 67.8 Å². The van der Waals surface area contributed by atoms with Crippen LogP contribution in [-0.4, -0.2) is 93.5 Å². The predicted molar refractivity (Wildman–Crippen MR) is 154 cm³/mol. The Hall–Kier alpha value is -3.38. The van der Waals surface area contributed by atoms with E-state index in [1.807, 2.05) is 29.3 Å². The van der Waals surface area contributed by atoms with Crippen molar-refractivity contribution in [3.8, 4) is 11.6 Å². The Kier molecular flexibility index (Phi) is 8.33. The number of carbonyl (C=O) groups excluding carboxylic acids is 1. The number of pyridine rings is 2. The maximum atomic E-state index is 11.7. The minimum atomic E-state index is -0.104. The highest BCUT2D eigenvalue weighted by Gasteiger charge is 2.26. The Labute approximate surface area is 238 Å². The van der Waals surface area contributed by atoms with Crippen molar-refractivity contribution in [1.29, 1.82) is 0 Å². The van der Waals surface area contributed by atoms with Crippen LogP contribution in [0.4, 0.5) is 11.8 Å². The molecule has 1 atom stereocenters. The van der Waals surface area contributed by atoms with Gasteiger partial charge in [-0.25, -0.2) is 9.97 Å².